The molecular formula is C20H27N5O2. The number of fused-ring (bicyclic) bond motifs is 1. The monoisotopic (exact) mass is 369 g/mol. The molecule has 3 rings (SSSR count). The van der Waals surface area contributed by atoms with Crippen molar-refractivity contribution in [1.29, 1.82) is 0 Å². The maximum Gasteiger partial charge on any atom is 0.345 e. The Labute approximate surface area is 159 Å². The van der Waals surface area contributed by atoms with Crippen molar-refractivity contribution in [3.8, 4) is 0 Å². The number of rotatable bonds is 6. The van der Waals surface area contributed by atoms with Crippen molar-refractivity contribution in [3.63, 3.8) is 0 Å². The van der Waals surface area contributed by atoms with Gasteiger partial charge in [0.05, 0.1) is 0 Å². The highest BCUT2D eigenvalue weighted by atomic mass is 16.2. The Morgan fingerprint density at radius 1 is 1.22 bits per heavy atom. The number of carbonyl (C=O) groups is 1. The topological polar surface area (TPSA) is 101 Å². The summed E-state index contributed by atoms with van der Waals surface area (Å²) in [5.74, 6) is 0.789. The van der Waals surface area contributed by atoms with E-state index in [1.165, 1.54) is 18.4 Å². The summed E-state index contributed by atoms with van der Waals surface area (Å²) in [5.41, 5.74) is 3.88. The van der Waals surface area contributed by atoms with Gasteiger partial charge in [-0.25, -0.2) is 14.8 Å². The molecule has 0 unspecified atom stereocenters. The van der Waals surface area contributed by atoms with E-state index >= 15 is 0 Å². The Balaban J connectivity index is 1.62. The Morgan fingerprint density at radius 3 is 2.78 bits per heavy atom. The summed E-state index contributed by atoms with van der Waals surface area (Å²) < 4.78 is 0. The molecule has 2 heterocycles. The highest BCUT2D eigenvalue weighted by Crippen LogP contribution is 2.21. The van der Waals surface area contributed by atoms with Crippen molar-refractivity contribution >= 4 is 5.91 Å². The van der Waals surface area contributed by atoms with Gasteiger partial charge in [0.25, 0.3) is 5.91 Å². The van der Waals surface area contributed by atoms with E-state index in [2.05, 4.69) is 39.1 Å². The second-order valence-corrected chi connectivity index (χ2v) is 7.56. The molecule has 0 aromatic carbocycles. The van der Waals surface area contributed by atoms with Crippen molar-refractivity contribution < 1.29 is 4.79 Å². The zero-order valence-corrected chi connectivity index (χ0v) is 16.3. The third-order valence-electron chi connectivity index (χ3n) is 4.73. The zero-order chi connectivity index (χ0) is 19.4. The number of amides is 1. The van der Waals surface area contributed by atoms with Gasteiger partial charge in [0.15, 0.2) is 0 Å². The Hall–Kier alpha value is -2.57. The number of hydrogen-bond acceptors (Lipinski definition) is 5. The van der Waals surface area contributed by atoms with Gasteiger partial charge in [0.1, 0.15) is 11.5 Å². The largest absolute Gasteiger partial charge is 0.350 e. The van der Waals surface area contributed by atoms with Gasteiger partial charge in [-0.15, -0.1) is 0 Å². The number of aromatic nitrogens is 4. The predicted molar refractivity (Wildman–Crippen MR) is 103 cm³/mol. The number of nitrogens with zero attached hydrogens (tertiary/aromatic N) is 3. The molecule has 0 fully saturated rings. The summed E-state index contributed by atoms with van der Waals surface area (Å²) in [7, 11) is 0. The second-order valence-electron chi connectivity index (χ2n) is 7.56. The van der Waals surface area contributed by atoms with Crippen LogP contribution in [0.25, 0.3) is 0 Å². The van der Waals surface area contributed by atoms with E-state index in [0.717, 1.165) is 35.7 Å². The van der Waals surface area contributed by atoms with Crippen LogP contribution in [0.4, 0.5) is 0 Å². The lowest BCUT2D eigenvalue weighted by Gasteiger charge is -2.17. The summed E-state index contributed by atoms with van der Waals surface area (Å²) in [6.45, 7) is 6.55. The Kier molecular flexibility index (Phi) is 5.98. The quantitative estimate of drug-likeness (QED) is 0.810. The Bertz CT molecular complexity index is 888. The van der Waals surface area contributed by atoms with E-state index in [-0.39, 0.29) is 11.6 Å². The van der Waals surface area contributed by atoms with E-state index in [0.29, 0.717) is 25.3 Å². The number of carbonyl (C=O) groups excluding carboxylic acids is 1. The second kappa shape index (κ2) is 8.41. The van der Waals surface area contributed by atoms with Crippen LogP contribution in [0.15, 0.2) is 10.9 Å². The first-order valence-corrected chi connectivity index (χ1v) is 9.66. The van der Waals surface area contributed by atoms with Crippen LogP contribution in [0, 0.1) is 12.8 Å². The number of hydrogen-bond donors (Lipinski definition) is 2. The van der Waals surface area contributed by atoms with Gasteiger partial charge in [-0.2, -0.15) is 4.98 Å². The lowest BCUT2D eigenvalue weighted by atomic mass is 9.95. The fourth-order valence-electron chi connectivity index (χ4n) is 3.51. The minimum absolute atomic E-state index is 0.150. The fourth-order valence-corrected chi connectivity index (χ4v) is 3.51. The van der Waals surface area contributed by atoms with Crippen LogP contribution in [0.1, 0.15) is 65.6 Å². The maximum absolute atomic E-state index is 12.4. The van der Waals surface area contributed by atoms with Crippen molar-refractivity contribution in [2.75, 3.05) is 6.54 Å². The lowest BCUT2D eigenvalue weighted by Crippen LogP contribution is -2.30. The SMILES string of the molecule is Cc1nc(CCNC(=O)c2cc(CC(C)C)[nH]c(=O)n2)nc2c1CCCC2. The first kappa shape index (κ1) is 19.2. The van der Waals surface area contributed by atoms with Crippen molar-refractivity contribution in [2.45, 2.75) is 59.3 Å². The van der Waals surface area contributed by atoms with E-state index in [1.807, 2.05) is 6.92 Å². The lowest BCUT2D eigenvalue weighted by molar-refractivity contribution is 0.0948. The fraction of sp³-hybridized carbons (Fsp3) is 0.550. The van der Waals surface area contributed by atoms with Crippen LogP contribution in [-0.2, 0) is 25.7 Å². The first-order chi connectivity index (χ1) is 12.9. The molecule has 0 saturated carbocycles. The van der Waals surface area contributed by atoms with Gasteiger partial charge >= 0.3 is 5.69 Å². The molecule has 1 amide bonds. The van der Waals surface area contributed by atoms with Gasteiger partial charge in [0.2, 0.25) is 0 Å². The molecule has 0 radical (unpaired) electrons. The number of aromatic amines is 1. The van der Waals surface area contributed by atoms with Crippen LogP contribution in [0.5, 0.6) is 0 Å². The number of H-pyrrole nitrogens is 1. The van der Waals surface area contributed by atoms with E-state index in [9.17, 15) is 9.59 Å². The normalized spacial score (nSPS) is 13.5. The predicted octanol–water partition coefficient (Wildman–Crippen LogP) is 1.92. The van der Waals surface area contributed by atoms with E-state index in [1.54, 1.807) is 6.07 Å². The molecule has 0 saturated heterocycles. The van der Waals surface area contributed by atoms with Crippen molar-refractivity contribution in [3.05, 3.63) is 50.7 Å². The van der Waals surface area contributed by atoms with Gasteiger partial charge in [-0.1, -0.05) is 13.8 Å². The molecule has 27 heavy (non-hydrogen) atoms. The molecule has 144 valence electrons. The van der Waals surface area contributed by atoms with Crippen LogP contribution in [-0.4, -0.2) is 32.4 Å². The molecule has 1 aliphatic rings. The number of nitrogens with one attached hydrogen (secondary N) is 2. The first-order valence-electron chi connectivity index (χ1n) is 9.66. The molecule has 2 N–H and O–H groups in total. The van der Waals surface area contributed by atoms with Gasteiger partial charge in [-0.3, -0.25) is 4.79 Å². The third kappa shape index (κ3) is 4.99. The van der Waals surface area contributed by atoms with E-state index in [4.69, 9.17) is 0 Å². The molecule has 0 bridgehead atoms. The third-order valence-corrected chi connectivity index (χ3v) is 4.73. The van der Waals surface area contributed by atoms with Crippen LogP contribution < -0.4 is 11.0 Å². The average molecular weight is 369 g/mol. The molecule has 1 aliphatic carbocycles. The standard InChI is InChI=1S/C20H27N5O2/c1-12(2)10-14-11-17(25-20(27)23-14)19(26)21-9-8-18-22-13(3)15-6-4-5-7-16(15)24-18/h11-12H,4-10H2,1-3H3,(H,21,26)(H,23,25,27). The Morgan fingerprint density at radius 2 is 2.00 bits per heavy atom. The van der Waals surface area contributed by atoms with Gasteiger partial charge < -0.3 is 10.3 Å². The number of aryl methyl sites for hydroxylation is 2. The van der Waals surface area contributed by atoms with Crippen LogP contribution in [0.2, 0.25) is 0 Å². The molecule has 0 atom stereocenters. The van der Waals surface area contributed by atoms with Gasteiger partial charge in [-0.05, 0) is 56.6 Å². The van der Waals surface area contributed by atoms with Crippen molar-refractivity contribution in [2.24, 2.45) is 5.92 Å². The summed E-state index contributed by atoms with van der Waals surface area (Å²) in [6.07, 6.45) is 5.70. The summed E-state index contributed by atoms with van der Waals surface area (Å²) in [5, 5.41) is 2.82. The molecule has 7 heteroatoms. The molecule has 0 aliphatic heterocycles. The summed E-state index contributed by atoms with van der Waals surface area (Å²) in [6, 6.07) is 1.65. The average Bonchev–Trinajstić information content (AvgIpc) is 2.60. The minimum Gasteiger partial charge on any atom is -0.350 e. The highest BCUT2D eigenvalue weighted by molar-refractivity contribution is 5.92. The molecule has 2 aromatic rings. The van der Waals surface area contributed by atoms with Crippen molar-refractivity contribution in [1.82, 2.24) is 25.3 Å². The molecular weight excluding hydrogens is 342 g/mol. The van der Waals surface area contributed by atoms with E-state index < -0.39 is 5.69 Å². The minimum atomic E-state index is -0.494. The van der Waals surface area contributed by atoms with Crippen LogP contribution in [0.3, 0.4) is 0 Å². The summed E-state index contributed by atoms with van der Waals surface area (Å²) in [4.78, 5) is 39.8. The van der Waals surface area contributed by atoms with Crippen LogP contribution >= 0.6 is 0 Å². The summed E-state index contributed by atoms with van der Waals surface area (Å²) >= 11 is 0. The molecule has 2 aromatic heterocycles. The molecule has 0 spiro atoms. The molecule has 7 nitrogen and oxygen atoms in total. The smallest absolute Gasteiger partial charge is 0.345 e. The maximum atomic E-state index is 12.4. The zero-order valence-electron chi connectivity index (χ0n) is 16.3. The van der Waals surface area contributed by atoms with Gasteiger partial charge in [0, 0.05) is 30.0 Å². The highest BCUT2D eigenvalue weighted by Gasteiger charge is 2.16.